The van der Waals surface area contributed by atoms with E-state index in [1.54, 1.807) is 11.8 Å². The van der Waals surface area contributed by atoms with E-state index in [9.17, 15) is 4.79 Å². The number of benzene rings is 1. The van der Waals surface area contributed by atoms with E-state index in [1.165, 1.54) is 18.4 Å². The first-order valence-corrected chi connectivity index (χ1v) is 7.77. The maximum absolute atomic E-state index is 11.7. The Labute approximate surface area is 124 Å². The molecule has 0 radical (unpaired) electrons. The van der Waals surface area contributed by atoms with Gasteiger partial charge in [-0.1, -0.05) is 18.1 Å². The first-order chi connectivity index (χ1) is 9.69. The van der Waals surface area contributed by atoms with Gasteiger partial charge in [-0.2, -0.15) is 0 Å². The molecular weight excluding hydrogens is 268 g/mol. The number of hydrogen-bond acceptors (Lipinski definition) is 3. The van der Waals surface area contributed by atoms with Gasteiger partial charge in [0.25, 0.3) is 0 Å². The van der Waals surface area contributed by atoms with Gasteiger partial charge in [-0.25, -0.2) is 0 Å². The molecule has 106 valence electrons. The van der Waals surface area contributed by atoms with Crippen LogP contribution in [0.15, 0.2) is 29.2 Å². The molecule has 0 bridgehead atoms. The molecule has 0 spiro atoms. The molecule has 0 heterocycles. The lowest BCUT2D eigenvalue weighted by atomic mass is 10.2. The van der Waals surface area contributed by atoms with E-state index < -0.39 is 0 Å². The topological polar surface area (TPSA) is 41.1 Å². The number of terminal acetylenes is 1. The van der Waals surface area contributed by atoms with Crippen molar-refractivity contribution in [1.29, 1.82) is 0 Å². The fourth-order valence-electron chi connectivity index (χ4n) is 1.78. The van der Waals surface area contributed by atoms with Crippen molar-refractivity contribution in [3.63, 3.8) is 0 Å². The minimum absolute atomic E-state index is 0.0209. The monoisotopic (exact) mass is 288 g/mol. The Morgan fingerprint density at radius 3 is 2.75 bits per heavy atom. The molecule has 0 saturated heterocycles. The highest BCUT2D eigenvalue weighted by Gasteiger charge is 2.19. The zero-order valence-corrected chi connectivity index (χ0v) is 12.5. The molecule has 3 nitrogen and oxygen atoms in total. The van der Waals surface area contributed by atoms with Gasteiger partial charge in [0.05, 0.1) is 11.8 Å². The summed E-state index contributed by atoms with van der Waals surface area (Å²) >= 11 is 1.55. The minimum atomic E-state index is -0.140. The molecule has 1 amide bonds. The van der Waals surface area contributed by atoms with Crippen LogP contribution in [-0.2, 0) is 11.3 Å². The lowest BCUT2D eigenvalue weighted by Gasteiger charge is -2.11. The fraction of sp³-hybridized carbons (Fsp3) is 0.438. The van der Waals surface area contributed by atoms with Gasteiger partial charge in [-0.15, -0.1) is 18.2 Å². The molecule has 1 unspecified atom stereocenters. The largest absolute Gasteiger partial charge is 0.344 e. The predicted octanol–water partition coefficient (Wildman–Crippen LogP) is 2.17. The van der Waals surface area contributed by atoms with Crippen LogP contribution in [0.3, 0.4) is 0 Å². The van der Waals surface area contributed by atoms with Gasteiger partial charge in [-0.05, 0) is 37.5 Å². The van der Waals surface area contributed by atoms with E-state index in [2.05, 4.69) is 40.8 Å². The van der Waals surface area contributed by atoms with E-state index in [-0.39, 0.29) is 17.7 Å². The Balaban J connectivity index is 1.79. The first-order valence-electron chi connectivity index (χ1n) is 6.89. The lowest BCUT2D eigenvalue weighted by molar-refractivity contribution is -0.120. The van der Waals surface area contributed by atoms with Gasteiger partial charge in [-0.3, -0.25) is 4.79 Å². The van der Waals surface area contributed by atoms with Crippen LogP contribution in [0.5, 0.6) is 0 Å². The highest BCUT2D eigenvalue weighted by atomic mass is 32.2. The summed E-state index contributed by atoms with van der Waals surface area (Å²) in [6, 6.07) is 9.09. The molecule has 20 heavy (non-hydrogen) atoms. The Bertz CT molecular complexity index is 488. The molecule has 1 aliphatic carbocycles. The minimum Gasteiger partial charge on any atom is -0.344 e. The van der Waals surface area contributed by atoms with E-state index in [1.807, 2.05) is 6.92 Å². The summed E-state index contributed by atoms with van der Waals surface area (Å²) in [6.45, 7) is 3.10. The summed E-state index contributed by atoms with van der Waals surface area (Å²) in [6.07, 6.45) is 7.73. The zero-order valence-electron chi connectivity index (χ0n) is 11.7. The van der Waals surface area contributed by atoms with Crippen molar-refractivity contribution < 1.29 is 4.79 Å². The molecule has 1 aromatic rings. The molecular formula is C16H20N2OS. The van der Waals surface area contributed by atoms with E-state index >= 15 is 0 Å². The average Bonchev–Trinajstić information content (AvgIpc) is 3.28. The third-order valence-electron chi connectivity index (χ3n) is 3.14. The zero-order chi connectivity index (χ0) is 14.4. The molecule has 2 N–H and O–H groups in total. The van der Waals surface area contributed by atoms with Crippen LogP contribution < -0.4 is 10.6 Å². The SMILES string of the molecule is C#CCNC(=O)C(C)Sc1ccc(CNC2CC2)cc1. The van der Waals surface area contributed by atoms with E-state index in [0.29, 0.717) is 0 Å². The summed E-state index contributed by atoms with van der Waals surface area (Å²) < 4.78 is 0. The molecule has 1 fully saturated rings. The smallest absolute Gasteiger partial charge is 0.233 e. The lowest BCUT2D eigenvalue weighted by Crippen LogP contribution is -2.31. The maximum atomic E-state index is 11.7. The Morgan fingerprint density at radius 2 is 2.15 bits per heavy atom. The van der Waals surface area contributed by atoms with Crippen molar-refractivity contribution in [1.82, 2.24) is 10.6 Å². The highest BCUT2D eigenvalue weighted by molar-refractivity contribution is 8.00. The predicted molar refractivity (Wildman–Crippen MR) is 83.5 cm³/mol. The number of hydrogen-bond donors (Lipinski definition) is 2. The molecule has 2 rings (SSSR count). The van der Waals surface area contributed by atoms with Gasteiger partial charge < -0.3 is 10.6 Å². The number of thioether (sulfide) groups is 1. The van der Waals surface area contributed by atoms with Crippen LogP contribution >= 0.6 is 11.8 Å². The first kappa shape index (κ1) is 15.0. The van der Waals surface area contributed by atoms with Crippen molar-refractivity contribution in [2.75, 3.05) is 6.54 Å². The van der Waals surface area contributed by atoms with Gasteiger partial charge in [0, 0.05) is 17.5 Å². The van der Waals surface area contributed by atoms with Crippen molar-refractivity contribution in [2.24, 2.45) is 0 Å². The number of carbonyl (C=O) groups excluding carboxylic acids is 1. The number of nitrogens with one attached hydrogen (secondary N) is 2. The standard InChI is InChI=1S/C16H20N2OS/c1-3-10-17-16(19)12(2)20-15-8-4-13(5-9-15)11-18-14-6-7-14/h1,4-5,8-9,12,14,18H,6-7,10-11H2,2H3,(H,17,19). The Hall–Kier alpha value is -1.44. The van der Waals surface area contributed by atoms with Gasteiger partial charge >= 0.3 is 0 Å². The van der Waals surface area contributed by atoms with Crippen LogP contribution in [0.4, 0.5) is 0 Å². The molecule has 0 aromatic heterocycles. The number of amides is 1. The molecule has 1 saturated carbocycles. The summed E-state index contributed by atoms with van der Waals surface area (Å²) in [5.74, 6) is 2.38. The quantitative estimate of drug-likeness (QED) is 0.597. The van der Waals surface area contributed by atoms with Crippen molar-refractivity contribution >= 4 is 17.7 Å². The van der Waals surface area contributed by atoms with Gasteiger partial charge in [0.1, 0.15) is 0 Å². The van der Waals surface area contributed by atoms with Crippen LogP contribution in [0.1, 0.15) is 25.3 Å². The maximum Gasteiger partial charge on any atom is 0.233 e. The summed E-state index contributed by atoms with van der Waals surface area (Å²) in [5, 5.41) is 6.04. The van der Waals surface area contributed by atoms with E-state index in [0.717, 1.165) is 17.5 Å². The highest BCUT2D eigenvalue weighted by Crippen LogP contribution is 2.24. The number of carbonyl (C=O) groups is 1. The Morgan fingerprint density at radius 1 is 1.45 bits per heavy atom. The molecule has 0 aliphatic heterocycles. The summed E-state index contributed by atoms with van der Waals surface area (Å²) in [5.41, 5.74) is 1.28. The normalized spacial score (nSPS) is 15.4. The summed E-state index contributed by atoms with van der Waals surface area (Å²) in [7, 11) is 0. The van der Waals surface area contributed by atoms with Crippen LogP contribution in [0, 0.1) is 12.3 Å². The molecule has 1 aliphatic rings. The van der Waals surface area contributed by atoms with E-state index in [4.69, 9.17) is 6.42 Å². The average molecular weight is 288 g/mol. The van der Waals surface area contributed by atoms with Crippen LogP contribution in [-0.4, -0.2) is 23.7 Å². The fourth-order valence-corrected chi connectivity index (χ4v) is 2.67. The van der Waals surface area contributed by atoms with Crippen LogP contribution in [0.2, 0.25) is 0 Å². The third kappa shape index (κ3) is 4.92. The third-order valence-corrected chi connectivity index (χ3v) is 4.25. The molecule has 1 aromatic carbocycles. The number of rotatable bonds is 7. The van der Waals surface area contributed by atoms with Crippen molar-refractivity contribution in [3.05, 3.63) is 29.8 Å². The Kier molecular flexibility index (Phi) is 5.51. The van der Waals surface area contributed by atoms with Crippen molar-refractivity contribution in [2.45, 2.75) is 42.5 Å². The second-order valence-corrected chi connectivity index (χ2v) is 6.40. The molecule has 1 atom stereocenters. The van der Waals surface area contributed by atoms with Gasteiger partial charge in [0.15, 0.2) is 0 Å². The molecule has 4 heteroatoms. The second kappa shape index (κ2) is 7.37. The van der Waals surface area contributed by atoms with Crippen molar-refractivity contribution in [3.8, 4) is 12.3 Å². The van der Waals surface area contributed by atoms with Gasteiger partial charge in [0.2, 0.25) is 5.91 Å². The summed E-state index contributed by atoms with van der Waals surface area (Å²) in [4.78, 5) is 12.8. The van der Waals surface area contributed by atoms with Crippen LogP contribution in [0.25, 0.3) is 0 Å². The second-order valence-electron chi connectivity index (χ2n) is 4.98.